The lowest BCUT2D eigenvalue weighted by Gasteiger charge is -2.08. The molecule has 6 nitrogen and oxygen atoms in total. The van der Waals surface area contributed by atoms with E-state index in [1.54, 1.807) is 12.1 Å². The van der Waals surface area contributed by atoms with Crippen molar-refractivity contribution in [1.29, 1.82) is 0 Å². The van der Waals surface area contributed by atoms with Gasteiger partial charge in [-0.25, -0.2) is 4.98 Å². The van der Waals surface area contributed by atoms with E-state index in [0.717, 1.165) is 0 Å². The van der Waals surface area contributed by atoms with E-state index in [2.05, 4.69) is 10.3 Å². The zero-order valence-corrected chi connectivity index (χ0v) is 11.2. The Hall–Kier alpha value is -2.47. The number of carbonyl (C=O) groups is 1. The number of nitro benzene ring substituents is 1. The largest absolute Gasteiger partial charge is 0.319 e. The first-order chi connectivity index (χ1) is 9.50. The van der Waals surface area contributed by atoms with Crippen LogP contribution in [0.1, 0.15) is 15.9 Å². The van der Waals surface area contributed by atoms with Gasteiger partial charge in [-0.2, -0.15) is 0 Å². The van der Waals surface area contributed by atoms with Crippen molar-refractivity contribution < 1.29 is 9.72 Å². The van der Waals surface area contributed by atoms with Crippen molar-refractivity contribution in [3.63, 3.8) is 0 Å². The molecule has 7 heteroatoms. The molecule has 0 radical (unpaired) electrons. The van der Waals surface area contributed by atoms with Gasteiger partial charge in [0.05, 0.1) is 10.6 Å². The summed E-state index contributed by atoms with van der Waals surface area (Å²) >= 11 is 5.84. The Labute approximate surface area is 119 Å². The van der Waals surface area contributed by atoms with Crippen LogP contribution in [0.4, 0.5) is 11.4 Å². The number of amides is 1. The number of nitrogens with zero attached hydrogens (tertiary/aromatic N) is 2. The molecule has 0 saturated carbocycles. The predicted octanol–water partition coefficient (Wildman–Crippen LogP) is 3.20. The monoisotopic (exact) mass is 291 g/mol. The van der Waals surface area contributed by atoms with E-state index in [-0.39, 0.29) is 16.4 Å². The summed E-state index contributed by atoms with van der Waals surface area (Å²) in [5, 5.41) is 13.6. The molecule has 0 unspecified atom stereocenters. The lowest BCUT2D eigenvalue weighted by atomic mass is 10.1. The van der Waals surface area contributed by atoms with Crippen molar-refractivity contribution in [2.45, 2.75) is 6.92 Å². The minimum atomic E-state index is -0.525. The first-order valence-corrected chi connectivity index (χ1v) is 6.04. The molecule has 1 N–H and O–H groups in total. The van der Waals surface area contributed by atoms with E-state index in [0.29, 0.717) is 11.3 Å². The molecule has 1 aromatic heterocycles. The molecule has 0 saturated heterocycles. The van der Waals surface area contributed by atoms with E-state index in [1.165, 1.54) is 31.3 Å². The molecule has 1 amide bonds. The van der Waals surface area contributed by atoms with Gasteiger partial charge in [-0.05, 0) is 25.1 Å². The second-order valence-electron chi connectivity index (χ2n) is 4.00. The number of benzene rings is 1. The third kappa shape index (κ3) is 2.75. The van der Waals surface area contributed by atoms with Crippen molar-refractivity contribution in [2.75, 3.05) is 5.32 Å². The van der Waals surface area contributed by atoms with Crippen molar-refractivity contribution >= 4 is 28.9 Å². The van der Waals surface area contributed by atoms with Crippen LogP contribution in [0.3, 0.4) is 0 Å². The molecular weight excluding hydrogens is 282 g/mol. The first-order valence-electron chi connectivity index (χ1n) is 5.66. The zero-order valence-electron chi connectivity index (χ0n) is 10.5. The summed E-state index contributed by atoms with van der Waals surface area (Å²) in [6.07, 6.45) is 1.50. The number of aromatic nitrogens is 1. The Morgan fingerprint density at radius 1 is 1.35 bits per heavy atom. The molecular formula is C13H10ClN3O3. The Kier molecular flexibility index (Phi) is 3.95. The molecule has 0 fully saturated rings. The van der Waals surface area contributed by atoms with Gasteiger partial charge in [-0.1, -0.05) is 17.7 Å². The highest BCUT2D eigenvalue weighted by molar-refractivity contribution is 6.32. The summed E-state index contributed by atoms with van der Waals surface area (Å²) in [5.41, 5.74) is 0.772. The van der Waals surface area contributed by atoms with Gasteiger partial charge in [-0.3, -0.25) is 14.9 Å². The third-order valence-electron chi connectivity index (χ3n) is 2.75. The van der Waals surface area contributed by atoms with Crippen LogP contribution in [0, 0.1) is 17.0 Å². The van der Waals surface area contributed by atoms with Crippen molar-refractivity contribution in [1.82, 2.24) is 4.98 Å². The maximum Gasteiger partial charge on any atom is 0.273 e. The van der Waals surface area contributed by atoms with E-state index in [9.17, 15) is 14.9 Å². The summed E-state index contributed by atoms with van der Waals surface area (Å²) in [5.74, 6) is -0.471. The number of nitrogens with one attached hydrogen (secondary N) is 1. The molecule has 0 aliphatic rings. The molecule has 0 spiro atoms. The maximum absolute atomic E-state index is 12.1. The van der Waals surface area contributed by atoms with Gasteiger partial charge in [0.2, 0.25) is 0 Å². The highest BCUT2D eigenvalue weighted by Gasteiger charge is 2.18. The van der Waals surface area contributed by atoms with E-state index in [4.69, 9.17) is 11.6 Å². The number of nitro groups is 1. The highest BCUT2D eigenvalue weighted by atomic mass is 35.5. The molecule has 0 aliphatic carbocycles. The molecule has 0 bridgehead atoms. The average Bonchev–Trinajstić information content (AvgIpc) is 2.41. The smallest absolute Gasteiger partial charge is 0.273 e. The van der Waals surface area contributed by atoms with E-state index in [1.807, 2.05) is 0 Å². The molecule has 0 atom stereocenters. The fourth-order valence-corrected chi connectivity index (χ4v) is 1.90. The van der Waals surface area contributed by atoms with Gasteiger partial charge in [0.1, 0.15) is 0 Å². The number of halogens is 1. The van der Waals surface area contributed by atoms with Crippen LogP contribution in [-0.4, -0.2) is 15.8 Å². The summed E-state index contributed by atoms with van der Waals surface area (Å²) in [4.78, 5) is 26.3. The topological polar surface area (TPSA) is 85.1 Å². The van der Waals surface area contributed by atoms with Crippen LogP contribution in [0.15, 0.2) is 36.5 Å². The molecule has 0 aliphatic heterocycles. The summed E-state index contributed by atoms with van der Waals surface area (Å²) in [6.45, 7) is 1.53. The van der Waals surface area contributed by atoms with Crippen molar-refractivity contribution in [3.8, 4) is 0 Å². The third-order valence-corrected chi connectivity index (χ3v) is 3.06. The number of carbonyl (C=O) groups excluding carboxylic acids is 1. The van der Waals surface area contributed by atoms with Crippen LogP contribution >= 0.6 is 11.6 Å². The van der Waals surface area contributed by atoms with Crippen molar-refractivity contribution in [3.05, 3.63) is 62.9 Å². The Balaban J connectivity index is 2.33. The maximum atomic E-state index is 12.1. The fraction of sp³-hybridized carbons (Fsp3) is 0.0769. The quantitative estimate of drug-likeness (QED) is 0.534. The number of pyridine rings is 1. The van der Waals surface area contributed by atoms with Gasteiger partial charge in [0.15, 0.2) is 5.15 Å². The Bertz CT molecular complexity index is 688. The second kappa shape index (κ2) is 5.66. The normalized spacial score (nSPS) is 10.1. The highest BCUT2D eigenvalue weighted by Crippen LogP contribution is 2.23. The van der Waals surface area contributed by atoms with E-state index >= 15 is 0 Å². The second-order valence-corrected chi connectivity index (χ2v) is 4.36. The fourth-order valence-electron chi connectivity index (χ4n) is 1.74. The number of hydrogen-bond acceptors (Lipinski definition) is 4. The van der Waals surface area contributed by atoms with Gasteiger partial charge in [0.25, 0.3) is 11.6 Å². The summed E-state index contributed by atoms with van der Waals surface area (Å²) < 4.78 is 0. The molecule has 102 valence electrons. The van der Waals surface area contributed by atoms with Crippen LogP contribution in [0.2, 0.25) is 5.15 Å². The van der Waals surface area contributed by atoms with Gasteiger partial charge in [0, 0.05) is 23.4 Å². The van der Waals surface area contributed by atoms with Gasteiger partial charge < -0.3 is 5.32 Å². The molecule has 1 aromatic carbocycles. The predicted molar refractivity (Wildman–Crippen MR) is 75.0 cm³/mol. The van der Waals surface area contributed by atoms with Gasteiger partial charge in [-0.15, -0.1) is 0 Å². The average molecular weight is 292 g/mol. The van der Waals surface area contributed by atoms with Crippen LogP contribution in [0.25, 0.3) is 0 Å². The Morgan fingerprint density at radius 3 is 2.75 bits per heavy atom. The molecule has 2 aromatic rings. The standard InChI is InChI=1S/C13H10ClN3O3/c1-8-9(4-2-6-11(8)17(19)20)13(18)16-10-5-3-7-15-12(10)14/h2-7H,1H3,(H,16,18). The van der Waals surface area contributed by atoms with Gasteiger partial charge >= 0.3 is 0 Å². The summed E-state index contributed by atoms with van der Waals surface area (Å²) in [7, 11) is 0. The molecule has 20 heavy (non-hydrogen) atoms. The van der Waals surface area contributed by atoms with Crippen LogP contribution < -0.4 is 5.32 Å². The first kappa shape index (κ1) is 14.0. The minimum Gasteiger partial charge on any atom is -0.319 e. The number of rotatable bonds is 3. The van der Waals surface area contributed by atoms with E-state index < -0.39 is 10.8 Å². The molecule has 1 heterocycles. The minimum absolute atomic E-state index is 0.102. The number of hydrogen-bond donors (Lipinski definition) is 1. The lowest BCUT2D eigenvalue weighted by molar-refractivity contribution is -0.385. The van der Waals surface area contributed by atoms with Crippen LogP contribution in [0.5, 0.6) is 0 Å². The lowest BCUT2D eigenvalue weighted by Crippen LogP contribution is -2.14. The Morgan fingerprint density at radius 2 is 2.10 bits per heavy atom. The molecule has 2 rings (SSSR count). The SMILES string of the molecule is Cc1c(C(=O)Nc2cccnc2Cl)cccc1[N+](=O)[O-]. The van der Waals surface area contributed by atoms with Crippen molar-refractivity contribution in [2.24, 2.45) is 0 Å². The number of anilines is 1. The van der Waals surface area contributed by atoms with Crippen LogP contribution in [-0.2, 0) is 0 Å². The zero-order chi connectivity index (χ0) is 14.7. The summed E-state index contributed by atoms with van der Waals surface area (Å²) in [6, 6.07) is 7.55.